The van der Waals surface area contributed by atoms with Gasteiger partial charge in [0, 0.05) is 31.1 Å². The third-order valence-corrected chi connectivity index (χ3v) is 12.5. The lowest BCUT2D eigenvalue weighted by Crippen LogP contribution is -2.41. The number of rotatable bonds is 17. The molecular formula is C32H54FNO2Si. The summed E-state index contributed by atoms with van der Waals surface area (Å²) in [7, 11) is -1.72. The smallest absolute Gasteiger partial charge is 0.191 e. The first-order valence-electron chi connectivity index (χ1n) is 14.2. The predicted molar refractivity (Wildman–Crippen MR) is 160 cm³/mol. The van der Waals surface area contributed by atoms with Crippen LogP contribution in [0.15, 0.2) is 41.9 Å². The van der Waals surface area contributed by atoms with Crippen LogP contribution >= 0.6 is 0 Å². The molecule has 0 radical (unpaired) electrons. The van der Waals surface area contributed by atoms with Gasteiger partial charge in [-0.2, -0.15) is 0 Å². The zero-order valence-corrected chi connectivity index (χ0v) is 26.3. The van der Waals surface area contributed by atoms with Gasteiger partial charge < -0.3 is 4.43 Å². The van der Waals surface area contributed by atoms with E-state index in [9.17, 15) is 9.18 Å². The molecule has 0 spiro atoms. The van der Waals surface area contributed by atoms with Crippen LogP contribution in [0.3, 0.4) is 0 Å². The van der Waals surface area contributed by atoms with Crippen molar-refractivity contribution in [3.63, 3.8) is 0 Å². The number of ketones is 1. The minimum Gasteiger partial charge on any atom is -0.417 e. The first-order valence-corrected chi connectivity index (χ1v) is 17.1. The van der Waals surface area contributed by atoms with E-state index in [1.165, 1.54) is 11.6 Å². The van der Waals surface area contributed by atoms with Gasteiger partial charge in [0.05, 0.1) is 5.69 Å². The Hall–Kier alpha value is -1.59. The molecule has 0 aliphatic carbocycles. The molecule has 0 N–H and O–H groups in total. The molecule has 37 heavy (non-hydrogen) atoms. The maximum Gasteiger partial charge on any atom is 0.191 e. The maximum absolute atomic E-state index is 14.1. The van der Waals surface area contributed by atoms with E-state index in [1.54, 1.807) is 6.20 Å². The number of halogens is 1. The molecule has 210 valence electrons. The van der Waals surface area contributed by atoms with Crippen LogP contribution in [-0.4, -0.2) is 25.7 Å². The Balaban J connectivity index is 2.27. The van der Waals surface area contributed by atoms with Gasteiger partial charge >= 0.3 is 0 Å². The molecule has 0 saturated carbocycles. The lowest BCUT2D eigenvalue weighted by molar-refractivity contribution is -0.127. The van der Waals surface area contributed by atoms with Gasteiger partial charge in [-0.05, 0) is 87.7 Å². The van der Waals surface area contributed by atoms with Crippen LogP contribution in [0.5, 0.6) is 0 Å². The SMILES string of the molecule is CC(=CCCC(F)=Cc1ccccn1)CCCC(C)CCC(=O)C(C)(C)CCCO[Si](C)(C)C(C)(C)C. The van der Waals surface area contributed by atoms with Crippen LogP contribution in [-0.2, 0) is 9.22 Å². The average molecular weight is 532 g/mol. The molecule has 0 saturated heterocycles. The van der Waals surface area contributed by atoms with E-state index in [1.807, 2.05) is 18.2 Å². The monoisotopic (exact) mass is 531 g/mol. The topological polar surface area (TPSA) is 39.2 Å². The number of carbonyl (C=O) groups is 1. The molecule has 1 heterocycles. The van der Waals surface area contributed by atoms with E-state index in [4.69, 9.17) is 4.43 Å². The fraction of sp³-hybridized carbons (Fsp3) is 0.688. The predicted octanol–water partition coefficient (Wildman–Crippen LogP) is 10.1. The maximum atomic E-state index is 14.1. The van der Waals surface area contributed by atoms with E-state index < -0.39 is 8.32 Å². The summed E-state index contributed by atoms with van der Waals surface area (Å²) in [6.07, 6.45) is 13.2. The number of Topliss-reactive ketones (excluding diaryl/α,β-unsaturated/α-hetero) is 1. The van der Waals surface area contributed by atoms with Gasteiger partial charge in [0.15, 0.2) is 8.32 Å². The van der Waals surface area contributed by atoms with E-state index >= 15 is 0 Å². The molecule has 3 nitrogen and oxygen atoms in total. The summed E-state index contributed by atoms with van der Waals surface area (Å²) in [4.78, 5) is 17.0. The minimum absolute atomic E-state index is 0.132. The van der Waals surface area contributed by atoms with Gasteiger partial charge in [-0.15, -0.1) is 0 Å². The fourth-order valence-corrected chi connectivity index (χ4v) is 5.13. The molecule has 1 unspecified atom stereocenters. The van der Waals surface area contributed by atoms with Crippen LogP contribution in [0.4, 0.5) is 4.39 Å². The Kier molecular flexibility index (Phi) is 14.2. The van der Waals surface area contributed by atoms with Crippen LogP contribution in [0.2, 0.25) is 18.1 Å². The van der Waals surface area contributed by atoms with E-state index in [2.05, 4.69) is 72.6 Å². The zero-order valence-electron chi connectivity index (χ0n) is 25.3. The van der Waals surface area contributed by atoms with Gasteiger partial charge in [0.25, 0.3) is 0 Å². The normalized spacial score (nSPS) is 14.6. The number of nitrogens with zero attached hydrogens (tertiary/aromatic N) is 1. The number of carbonyl (C=O) groups excluding carboxylic acids is 1. The molecule has 0 aromatic carbocycles. The second-order valence-electron chi connectivity index (χ2n) is 13.0. The summed E-state index contributed by atoms with van der Waals surface area (Å²) < 4.78 is 20.4. The van der Waals surface area contributed by atoms with E-state index in [-0.39, 0.29) is 16.3 Å². The molecular weight excluding hydrogens is 477 g/mol. The number of hydrogen-bond acceptors (Lipinski definition) is 3. The van der Waals surface area contributed by atoms with Gasteiger partial charge in [-0.3, -0.25) is 9.78 Å². The largest absolute Gasteiger partial charge is 0.417 e. The van der Waals surface area contributed by atoms with Crippen LogP contribution in [0, 0.1) is 11.3 Å². The zero-order chi connectivity index (χ0) is 28.1. The first kappa shape index (κ1) is 33.4. The van der Waals surface area contributed by atoms with Gasteiger partial charge in [0.1, 0.15) is 11.6 Å². The highest BCUT2D eigenvalue weighted by Crippen LogP contribution is 2.37. The summed E-state index contributed by atoms with van der Waals surface area (Å²) in [5.41, 5.74) is 1.69. The van der Waals surface area contributed by atoms with Crippen molar-refractivity contribution >= 4 is 20.2 Å². The second-order valence-corrected chi connectivity index (χ2v) is 17.8. The quantitative estimate of drug-likeness (QED) is 0.114. The van der Waals surface area contributed by atoms with Crippen LogP contribution in [0.25, 0.3) is 6.08 Å². The first-order chi connectivity index (χ1) is 17.1. The second kappa shape index (κ2) is 15.7. The molecule has 5 heteroatoms. The number of pyridine rings is 1. The number of hydrogen-bond donors (Lipinski definition) is 0. The van der Waals surface area contributed by atoms with Crippen LogP contribution in [0.1, 0.15) is 112 Å². The molecule has 1 atom stereocenters. The molecule has 0 bridgehead atoms. The third-order valence-electron chi connectivity index (χ3n) is 7.97. The van der Waals surface area contributed by atoms with Crippen molar-refractivity contribution in [2.45, 2.75) is 124 Å². The van der Waals surface area contributed by atoms with Crippen molar-refractivity contribution in [1.29, 1.82) is 0 Å². The summed E-state index contributed by atoms with van der Waals surface area (Å²) in [6, 6.07) is 5.50. The summed E-state index contributed by atoms with van der Waals surface area (Å²) in [5, 5.41) is 0.221. The van der Waals surface area contributed by atoms with Gasteiger partial charge in [-0.25, -0.2) is 4.39 Å². The van der Waals surface area contributed by atoms with Gasteiger partial charge in [0.2, 0.25) is 0 Å². The Morgan fingerprint density at radius 2 is 1.78 bits per heavy atom. The number of aromatic nitrogens is 1. The molecule has 0 amide bonds. The number of allylic oxidation sites excluding steroid dienone is 3. The average Bonchev–Trinajstić information content (AvgIpc) is 2.80. The molecule has 1 rings (SSSR count). The fourth-order valence-electron chi connectivity index (χ4n) is 4.04. The van der Waals surface area contributed by atoms with Crippen molar-refractivity contribution in [3.05, 3.63) is 47.6 Å². The highest BCUT2D eigenvalue weighted by atomic mass is 28.4. The van der Waals surface area contributed by atoms with Crippen molar-refractivity contribution in [1.82, 2.24) is 4.98 Å². The Morgan fingerprint density at radius 3 is 2.41 bits per heavy atom. The molecule has 1 aromatic rings. The highest BCUT2D eigenvalue weighted by Gasteiger charge is 2.37. The Morgan fingerprint density at radius 1 is 1.08 bits per heavy atom. The minimum atomic E-state index is -1.72. The van der Waals surface area contributed by atoms with Crippen molar-refractivity contribution in [3.8, 4) is 0 Å². The summed E-state index contributed by atoms with van der Waals surface area (Å²) in [6.45, 7) is 20.7. The Bertz CT molecular complexity index is 869. The molecule has 0 aliphatic rings. The van der Waals surface area contributed by atoms with Crippen molar-refractivity contribution in [2.75, 3.05) is 6.61 Å². The summed E-state index contributed by atoms with van der Waals surface area (Å²) in [5.74, 6) is 0.781. The lowest BCUT2D eigenvalue weighted by Gasteiger charge is -2.36. The van der Waals surface area contributed by atoms with Crippen LogP contribution < -0.4 is 0 Å². The van der Waals surface area contributed by atoms with E-state index in [0.717, 1.165) is 45.1 Å². The standard InChI is InChI=1S/C32H54FNO2Si/c1-26(17-13-18-28(33)25-29-19-10-11-23-34-29)15-12-16-27(2)20-21-30(35)32(6,7)22-14-24-36-37(8,9)31(3,4)5/h10-11,17,19,23,25,27H,12-16,18,20-22,24H2,1-9H3. The van der Waals surface area contributed by atoms with E-state index in [0.29, 0.717) is 36.7 Å². The lowest BCUT2D eigenvalue weighted by atomic mass is 9.80. The Labute approximate surface area is 228 Å². The highest BCUT2D eigenvalue weighted by molar-refractivity contribution is 6.74. The van der Waals surface area contributed by atoms with Gasteiger partial charge in [-0.1, -0.05) is 65.7 Å². The molecule has 0 aliphatic heterocycles. The van der Waals surface area contributed by atoms with Crippen molar-refractivity contribution in [2.24, 2.45) is 11.3 Å². The molecule has 0 fully saturated rings. The molecule has 1 aromatic heterocycles. The summed E-state index contributed by atoms with van der Waals surface area (Å²) >= 11 is 0. The third kappa shape index (κ3) is 13.7. The van der Waals surface area contributed by atoms with Crippen molar-refractivity contribution < 1.29 is 13.6 Å².